The van der Waals surface area contributed by atoms with Crippen molar-refractivity contribution in [3.8, 4) is 0 Å². The van der Waals surface area contributed by atoms with Gasteiger partial charge in [-0.05, 0) is 24.8 Å². The monoisotopic (exact) mass is 292 g/mol. The molecule has 0 saturated heterocycles. The fourth-order valence-corrected chi connectivity index (χ4v) is 3.15. The third-order valence-corrected chi connectivity index (χ3v) is 5.13. The van der Waals surface area contributed by atoms with Gasteiger partial charge in [0.05, 0.1) is 5.39 Å². The molecule has 2 aromatic heterocycles. The fraction of sp³-hybridized carbons (Fsp3) is 0.600. The van der Waals surface area contributed by atoms with E-state index in [4.69, 9.17) is 5.73 Å². The van der Waals surface area contributed by atoms with Crippen LogP contribution in [0.25, 0.3) is 10.2 Å². The van der Waals surface area contributed by atoms with Crippen LogP contribution in [0, 0.1) is 5.41 Å². The summed E-state index contributed by atoms with van der Waals surface area (Å²) in [5.41, 5.74) is 6.05. The number of hydrogen-bond acceptors (Lipinski definition) is 5. The molecule has 1 atom stereocenters. The molecule has 0 amide bonds. The summed E-state index contributed by atoms with van der Waals surface area (Å²) in [6, 6.07) is 2.55. The number of anilines is 2. The Hall–Kier alpha value is -1.36. The SMILES string of the molecule is CCc1cc2c(N(C)C(C)C(C)(C)C)nc(N)nc2s1. The summed E-state index contributed by atoms with van der Waals surface area (Å²) in [4.78, 5) is 13.4. The maximum atomic E-state index is 5.88. The molecule has 20 heavy (non-hydrogen) atoms. The smallest absolute Gasteiger partial charge is 0.223 e. The van der Waals surface area contributed by atoms with Crippen LogP contribution in [0.2, 0.25) is 0 Å². The second-order valence-electron chi connectivity index (χ2n) is 6.34. The van der Waals surface area contributed by atoms with Crippen molar-refractivity contribution < 1.29 is 0 Å². The molecule has 0 aliphatic heterocycles. The van der Waals surface area contributed by atoms with E-state index < -0.39 is 0 Å². The number of fused-ring (bicyclic) bond motifs is 1. The minimum absolute atomic E-state index is 0.171. The van der Waals surface area contributed by atoms with Crippen molar-refractivity contribution in [2.75, 3.05) is 17.7 Å². The lowest BCUT2D eigenvalue weighted by Crippen LogP contribution is -2.40. The minimum Gasteiger partial charge on any atom is -0.368 e. The largest absolute Gasteiger partial charge is 0.368 e. The van der Waals surface area contributed by atoms with Gasteiger partial charge in [-0.1, -0.05) is 27.7 Å². The Bertz CT molecular complexity index is 612. The maximum Gasteiger partial charge on any atom is 0.223 e. The second-order valence-corrected chi connectivity index (χ2v) is 7.46. The van der Waals surface area contributed by atoms with Crippen LogP contribution in [-0.4, -0.2) is 23.1 Å². The first-order valence-corrected chi connectivity index (χ1v) is 7.84. The van der Waals surface area contributed by atoms with Crippen molar-refractivity contribution in [3.63, 3.8) is 0 Å². The van der Waals surface area contributed by atoms with E-state index in [1.807, 2.05) is 0 Å². The fourth-order valence-electron chi connectivity index (χ4n) is 2.18. The molecule has 0 radical (unpaired) electrons. The Morgan fingerprint density at radius 2 is 2.00 bits per heavy atom. The number of hydrogen-bond donors (Lipinski definition) is 1. The van der Waals surface area contributed by atoms with E-state index in [9.17, 15) is 0 Å². The molecule has 1 unspecified atom stereocenters. The van der Waals surface area contributed by atoms with Crippen molar-refractivity contribution in [1.82, 2.24) is 9.97 Å². The topological polar surface area (TPSA) is 55.0 Å². The lowest BCUT2D eigenvalue weighted by Gasteiger charge is -2.36. The number of nitrogens with two attached hydrogens (primary N) is 1. The number of thiophene rings is 1. The number of nitrogen functional groups attached to an aromatic ring is 1. The van der Waals surface area contributed by atoms with Gasteiger partial charge >= 0.3 is 0 Å². The van der Waals surface area contributed by atoms with E-state index in [0.717, 1.165) is 22.5 Å². The highest BCUT2D eigenvalue weighted by atomic mass is 32.1. The number of rotatable bonds is 3. The highest BCUT2D eigenvalue weighted by molar-refractivity contribution is 7.18. The summed E-state index contributed by atoms with van der Waals surface area (Å²) in [6.45, 7) is 11.1. The van der Waals surface area contributed by atoms with Gasteiger partial charge in [0.2, 0.25) is 5.95 Å². The van der Waals surface area contributed by atoms with Crippen LogP contribution in [0.15, 0.2) is 6.07 Å². The van der Waals surface area contributed by atoms with Gasteiger partial charge in [-0.15, -0.1) is 11.3 Å². The normalized spacial score (nSPS) is 13.7. The standard InChI is InChI=1S/C15H24N4S/c1-7-10-8-11-12(17-14(16)18-13(11)20-10)19(6)9(2)15(3,4)5/h8-9H,7H2,1-6H3,(H2,16,17,18). The lowest BCUT2D eigenvalue weighted by molar-refractivity contribution is 0.329. The maximum absolute atomic E-state index is 5.88. The predicted molar refractivity (Wildman–Crippen MR) is 88.5 cm³/mol. The first-order valence-electron chi connectivity index (χ1n) is 7.02. The Balaban J connectivity index is 2.55. The van der Waals surface area contributed by atoms with Crippen molar-refractivity contribution in [3.05, 3.63) is 10.9 Å². The highest BCUT2D eigenvalue weighted by Gasteiger charge is 2.26. The van der Waals surface area contributed by atoms with Crippen LogP contribution in [0.1, 0.15) is 39.5 Å². The molecule has 0 bridgehead atoms. The molecule has 2 aromatic rings. The van der Waals surface area contributed by atoms with E-state index >= 15 is 0 Å². The van der Waals surface area contributed by atoms with E-state index in [1.165, 1.54) is 4.88 Å². The van der Waals surface area contributed by atoms with E-state index in [2.05, 4.69) is 62.6 Å². The lowest BCUT2D eigenvalue weighted by atomic mass is 9.87. The Labute approximate surface area is 125 Å². The molecule has 0 saturated carbocycles. The number of nitrogens with zero attached hydrogens (tertiary/aromatic N) is 3. The van der Waals surface area contributed by atoms with E-state index in [0.29, 0.717) is 12.0 Å². The minimum atomic E-state index is 0.171. The van der Waals surface area contributed by atoms with Crippen LogP contribution in [-0.2, 0) is 6.42 Å². The molecule has 0 aliphatic carbocycles. The molecule has 2 heterocycles. The predicted octanol–water partition coefficient (Wildman–Crippen LogP) is 3.71. The Morgan fingerprint density at radius 3 is 2.55 bits per heavy atom. The van der Waals surface area contributed by atoms with Crippen LogP contribution < -0.4 is 10.6 Å². The van der Waals surface area contributed by atoms with Crippen molar-refractivity contribution >= 4 is 33.3 Å². The molecule has 2 rings (SSSR count). The Kier molecular flexibility index (Phi) is 3.91. The van der Waals surface area contributed by atoms with E-state index in [1.54, 1.807) is 11.3 Å². The number of aryl methyl sites for hydroxylation is 1. The molecule has 2 N–H and O–H groups in total. The number of aromatic nitrogens is 2. The van der Waals surface area contributed by atoms with Gasteiger partial charge in [0.25, 0.3) is 0 Å². The highest BCUT2D eigenvalue weighted by Crippen LogP contribution is 2.34. The van der Waals surface area contributed by atoms with Crippen LogP contribution in [0.3, 0.4) is 0 Å². The van der Waals surface area contributed by atoms with Gasteiger partial charge < -0.3 is 10.6 Å². The van der Waals surface area contributed by atoms with Crippen molar-refractivity contribution in [2.45, 2.75) is 47.1 Å². The van der Waals surface area contributed by atoms with Gasteiger partial charge in [-0.3, -0.25) is 0 Å². The zero-order valence-electron chi connectivity index (χ0n) is 13.2. The van der Waals surface area contributed by atoms with Gasteiger partial charge in [0.15, 0.2) is 0 Å². The molecule has 4 nitrogen and oxygen atoms in total. The van der Waals surface area contributed by atoms with Crippen LogP contribution in [0.5, 0.6) is 0 Å². The summed E-state index contributed by atoms with van der Waals surface area (Å²) in [5.74, 6) is 1.29. The summed E-state index contributed by atoms with van der Waals surface area (Å²) >= 11 is 1.70. The average molecular weight is 292 g/mol. The van der Waals surface area contributed by atoms with E-state index in [-0.39, 0.29) is 5.41 Å². The zero-order valence-corrected chi connectivity index (χ0v) is 14.0. The van der Waals surface area contributed by atoms with Crippen molar-refractivity contribution in [2.24, 2.45) is 5.41 Å². The summed E-state index contributed by atoms with van der Waals surface area (Å²) in [6.07, 6.45) is 1.01. The second kappa shape index (κ2) is 5.20. The summed E-state index contributed by atoms with van der Waals surface area (Å²) in [7, 11) is 2.08. The molecule has 0 fully saturated rings. The Morgan fingerprint density at radius 1 is 1.35 bits per heavy atom. The molecule has 110 valence electrons. The van der Waals surface area contributed by atoms with Crippen LogP contribution >= 0.6 is 11.3 Å². The first kappa shape index (κ1) is 15.0. The van der Waals surface area contributed by atoms with Crippen LogP contribution in [0.4, 0.5) is 11.8 Å². The molecular formula is C15H24N4S. The van der Waals surface area contributed by atoms with Gasteiger partial charge in [0.1, 0.15) is 10.6 Å². The van der Waals surface area contributed by atoms with Gasteiger partial charge in [0, 0.05) is 18.0 Å². The first-order chi connectivity index (χ1) is 9.24. The molecule has 0 aliphatic rings. The average Bonchev–Trinajstić information content (AvgIpc) is 2.77. The quantitative estimate of drug-likeness (QED) is 0.937. The van der Waals surface area contributed by atoms with Gasteiger partial charge in [-0.2, -0.15) is 4.98 Å². The molecule has 5 heteroatoms. The molecular weight excluding hydrogens is 268 g/mol. The molecule has 0 spiro atoms. The third kappa shape index (κ3) is 2.73. The summed E-state index contributed by atoms with van der Waals surface area (Å²) in [5, 5.41) is 1.11. The summed E-state index contributed by atoms with van der Waals surface area (Å²) < 4.78 is 0. The third-order valence-electron chi connectivity index (χ3n) is 3.96. The van der Waals surface area contributed by atoms with Crippen molar-refractivity contribution in [1.29, 1.82) is 0 Å². The zero-order chi connectivity index (χ0) is 15.1. The molecule has 0 aromatic carbocycles. The van der Waals surface area contributed by atoms with Gasteiger partial charge in [-0.25, -0.2) is 4.98 Å².